The highest BCUT2D eigenvalue weighted by atomic mass is 16.6. The molecule has 6 heteroatoms. The van der Waals surface area contributed by atoms with E-state index in [9.17, 15) is 9.59 Å². The van der Waals surface area contributed by atoms with Crippen molar-refractivity contribution < 1.29 is 19.1 Å². The first-order valence-corrected chi connectivity index (χ1v) is 9.22. The van der Waals surface area contributed by atoms with Crippen molar-refractivity contribution in [1.82, 2.24) is 5.32 Å². The van der Waals surface area contributed by atoms with Gasteiger partial charge in [-0.05, 0) is 42.7 Å². The van der Waals surface area contributed by atoms with Crippen molar-refractivity contribution in [3.05, 3.63) is 65.7 Å². The summed E-state index contributed by atoms with van der Waals surface area (Å²) in [5.74, 6) is -0.495. The van der Waals surface area contributed by atoms with Gasteiger partial charge >= 0.3 is 5.97 Å². The largest absolute Gasteiger partial charge is 0.482 e. The van der Waals surface area contributed by atoms with Gasteiger partial charge in [0.05, 0.1) is 11.6 Å². The van der Waals surface area contributed by atoms with Crippen molar-refractivity contribution in [3.63, 3.8) is 0 Å². The number of rotatable bonds is 8. The molecule has 0 bridgehead atoms. The lowest BCUT2D eigenvalue weighted by Crippen LogP contribution is -2.46. The summed E-state index contributed by atoms with van der Waals surface area (Å²) in [5, 5.41) is 11.6. The average molecular weight is 378 g/mol. The number of ether oxygens (including phenoxy) is 2. The molecule has 0 heterocycles. The first kappa shape index (κ1) is 19.4. The highest BCUT2D eigenvalue weighted by molar-refractivity contribution is 5.81. The number of nitrogens with one attached hydrogen (secondary N) is 1. The maximum absolute atomic E-state index is 12.1. The number of nitriles is 1. The van der Waals surface area contributed by atoms with Crippen LogP contribution < -0.4 is 10.1 Å². The van der Waals surface area contributed by atoms with E-state index in [1.165, 1.54) is 5.56 Å². The van der Waals surface area contributed by atoms with E-state index >= 15 is 0 Å². The topological polar surface area (TPSA) is 88.4 Å². The average Bonchev–Trinajstić information content (AvgIpc) is 2.71. The van der Waals surface area contributed by atoms with Crippen LogP contribution in [0.5, 0.6) is 5.75 Å². The van der Waals surface area contributed by atoms with Crippen LogP contribution >= 0.6 is 0 Å². The van der Waals surface area contributed by atoms with Crippen LogP contribution in [0.25, 0.3) is 0 Å². The van der Waals surface area contributed by atoms with Crippen LogP contribution in [-0.2, 0) is 19.7 Å². The van der Waals surface area contributed by atoms with Crippen molar-refractivity contribution in [2.45, 2.75) is 24.7 Å². The molecular weight excluding hydrogens is 356 g/mol. The summed E-state index contributed by atoms with van der Waals surface area (Å²) in [6.45, 7) is -0.0945. The predicted octanol–water partition coefficient (Wildman–Crippen LogP) is 2.72. The normalized spacial score (nSPS) is 14.2. The zero-order valence-electron chi connectivity index (χ0n) is 15.5. The molecule has 1 fully saturated rings. The van der Waals surface area contributed by atoms with E-state index in [2.05, 4.69) is 17.4 Å². The van der Waals surface area contributed by atoms with Gasteiger partial charge in [-0.2, -0.15) is 5.26 Å². The summed E-state index contributed by atoms with van der Waals surface area (Å²) >= 11 is 0. The maximum atomic E-state index is 12.1. The summed E-state index contributed by atoms with van der Waals surface area (Å²) in [6, 6.07) is 18.6. The standard InChI is InChI=1S/C22H22N2O4/c23-13-17-7-9-19(10-8-17)27-15-21(26)28-14-20(25)24-16-22(11-4-12-22)18-5-2-1-3-6-18/h1-3,5-10H,4,11-12,14-16H2,(H,24,25). The predicted molar refractivity (Wildman–Crippen MR) is 103 cm³/mol. The third kappa shape index (κ3) is 4.89. The molecule has 0 unspecified atom stereocenters. The summed E-state index contributed by atoms with van der Waals surface area (Å²) in [4.78, 5) is 23.8. The highest BCUT2D eigenvalue weighted by Gasteiger charge is 2.38. The van der Waals surface area contributed by atoms with Gasteiger partial charge in [-0.3, -0.25) is 4.79 Å². The van der Waals surface area contributed by atoms with Crippen LogP contribution in [0.3, 0.4) is 0 Å². The van der Waals surface area contributed by atoms with Crippen molar-refractivity contribution in [1.29, 1.82) is 5.26 Å². The number of esters is 1. The minimum absolute atomic E-state index is 0.0143. The number of nitrogens with zero attached hydrogens (tertiary/aromatic N) is 1. The minimum atomic E-state index is -0.624. The van der Waals surface area contributed by atoms with Crippen LogP contribution in [-0.4, -0.2) is 31.6 Å². The molecule has 1 saturated carbocycles. The lowest BCUT2D eigenvalue weighted by molar-refractivity contribution is -0.150. The molecule has 0 spiro atoms. The molecule has 28 heavy (non-hydrogen) atoms. The van der Waals surface area contributed by atoms with Gasteiger partial charge < -0.3 is 14.8 Å². The monoisotopic (exact) mass is 378 g/mol. The van der Waals surface area contributed by atoms with Crippen molar-refractivity contribution in [3.8, 4) is 11.8 Å². The van der Waals surface area contributed by atoms with Gasteiger partial charge in [-0.1, -0.05) is 36.8 Å². The van der Waals surface area contributed by atoms with Crippen LogP contribution in [0.2, 0.25) is 0 Å². The van der Waals surface area contributed by atoms with Gasteiger partial charge in [0.2, 0.25) is 0 Å². The fraction of sp³-hybridized carbons (Fsp3) is 0.318. The van der Waals surface area contributed by atoms with Gasteiger partial charge in [0.1, 0.15) is 5.75 Å². The molecule has 1 N–H and O–H groups in total. The Balaban J connectivity index is 1.39. The molecule has 0 aromatic heterocycles. The lowest BCUT2D eigenvalue weighted by Gasteiger charge is -2.42. The molecule has 0 radical (unpaired) electrons. The lowest BCUT2D eigenvalue weighted by atomic mass is 9.64. The number of hydrogen-bond donors (Lipinski definition) is 1. The Labute approximate surface area is 164 Å². The van der Waals surface area contributed by atoms with Crippen LogP contribution in [0.1, 0.15) is 30.4 Å². The zero-order chi connectivity index (χ0) is 19.8. The minimum Gasteiger partial charge on any atom is -0.482 e. The highest BCUT2D eigenvalue weighted by Crippen LogP contribution is 2.43. The molecule has 144 valence electrons. The van der Waals surface area contributed by atoms with Crippen molar-refractivity contribution in [2.24, 2.45) is 0 Å². The zero-order valence-corrected chi connectivity index (χ0v) is 15.5. The number of hydrogen-bond acceptors (Lipinski definition) is 5. The Morgan fingerprint density at radius 1 is 1.04 bits per heavy atom. The van der Waals surface area contributed by atoms with Crippen molar-refractivity contribution in [2.75, 3.05) is 19.8 Å². The van der Waals surface area contributed by atoms with Crippen molar-refractivity contribution >= 4 is 11.9 Å². The second-order valence-electron chi connectivity index (χ2n) is 6.86. The number of carbonyl (C=O) groups is 2. The molecule has 0 atom stereocenters. The summed E-state index contributed by atoms with van der Waals surface area (Å²) in [7, 11) is 0. The third-order valence-corrected chi connectivity index (χ3v) is 5.03. The van der Waals surface area contributed by atoms with E-state index in [-0.39, 0.29) is 24.5 Å². The van der Waals surface area contributed by atoms with Gasteiger partial charge in [0, 0.05) is 12.0 Å². The molecule has 2 aromatic carbocycles. The SMILES string of the molecule is N#Cc1ccc(OCC(=O)OCC(=O)NCC2(c3ccccc3)CCC2)cc1. The number of benzene rings is 2. The third-order valence-electron chi connectivity index (χ3n) is 5.03. The fourth-order valence-electron chi connectivity index (χ4n) is 3.24. The van der Waals surface area contributed by atoms with E-state index in [4.69, 9.17) is 14.7 Å². The fourth-order valence-corrected chi connectivity index (χ4v) is 3.24. The Morgan fingerprint density at radius 2 is 1.75 bits per heavy atom. The molecule has 1 aliphatic carbocycles. The van der Waals surface area contributed by atoms with E-state index in [1.54, 1.807) is 24.3 Å². The molecule has 2 aromatic rings. The molecule has 1 amide bonds. The molecule has 6 nitrogen and oxygen atoms in total. The second-order valence-corrected chi connectivity index (χ2v) is 6.86. The first-order chi connectivity index (χ1) is 13.6. The van der Waals surface area contributed by atoms with E-state index < -0.39 is 5.97 Å². The summed E-state index contributed by atoms with van der Waals surface area (Å²) < 4.78 is 10.2. The quantitative estimate of drug-likeness (QED) is 0.714. The second kappa shape index (κ2) is 9.05. The Bertz CT molecular complexity index is 852. The summed E-state index contributed by atoms with van der Waals surface area (Å²) in [6.07, 6.45) is 3.22. The molecular formula is C22H22N2O4. The van der Waals surface area contributed by atoms with Gasteiger partial charge in [0.15, 0.2) is 13.2 Å². The van der Waals surface area contributed by atoms with E-state index in [0.717, 1.165) is 19.3 Å². The van der Waals surface area contributed by atoms with Gasteiger partial charge in [-0.15, -0.1) is 0 Å². The molecule has 0 saturated heterocycles. The van der Waals surface area contributed by atoms with Crippen LogP contribution in [0.4, 0.5) is 0 Å². The number of amides is 1. The Kier molecular flexibility index (Phi) is 6.28. The summed E-state index contributed by atoms with van der Waals surface area (Å²) in [5.41, 5.74) is 1.72. The van der Waals surface area contributed by atoms with E-state index in [1.807, 2.05) is 24.3 Å². The first-order valence-electron chi connectivity index (χ1n) is 9.22. The smallest absolute Gasteiger partial charge is 0.344 e. The molecule has 0 aliphatic heterocycles. The molecule has 3 rings (SSSR count). The van der Waals surface area contributed by atoms with E-state index in [0.29, 0.717) is 17.9 Å². The van der Waals surface area contributed by atoms with Crippen LogP contribution in [0.15, 0.2) is 54.6 Å². The van der Waals surface area contributed by atoms with Gasteiger partial charge in [-0.25, -0.2) is 4.79 Å². The maximum Gasteiger partial charge on any atom is 0.344 e. The van der Waals surface area contributed by atoms with Gasteiger partial charge in [0.25, 0.3) is 5.91 Å². The van der Waals surface area contributed by atoms with Crippen LogP contribution in [0, 0.1) is 11.3 Å². The number of carbonyl (C=O) groups excluding carboxylic acids is 2. The molecule has 1 aliphatic rings. The Morgan fingerprint density at radius 3 is 2.36 bits per heavy atom. The Hall–Kier alpha value is -3.33.